The van der Waals surface area contributed by atoms with Gasteiger partial charge >= 0.3 is 0 Å². The number of carbonyl (C=O) groups is 1. The van der Waals surface area contributed by atoms with Gasteiger partial charge in [0, 0.05) is 10.2 Å². The number of aromatic nitrogens is 1. The molecule has 0 spiro atoms. The second kappa shape index (κ2) is 7.94. The molecule has 28 heavy (non-hydrogen) atoms. The van der Waals surface area contributed by atoms with Gasteiger partial charge in [-0.3, -0.25) is 9.52 Å². The van der Waals surface area contributed by atoms with E-state index in [2.05, 4.69) is 31.1 Å². The molecule has 7 nitrogen and oxygen atoms in total. The van der Waals surface area contributed by atoms with Crippen molar-refractivity contribution >= 4 is 54.8 Å². The highest BCUT2D eigenvalue weighted by molar-refractivity contribution is 9.10. The quantitative estimate of drug-likeness (QED) is 0.544. The Morgan fingerprint density at radius 2 is 1.93 bits per heavy atom. The molecule has 0 fully saturated rings. The van der Waals surface area contributed by atoms with E-state index in [1.54, 1.807) is 25.1 Å². The first kappa shape index (κ1) is 20.4. The molecule has 0 bridgehead atoms. The maximum absolute atomic E-state index is 12.7. The normalized spacial score (nSPS) is 11.3. The predicted molar refractivity (Wildman–Crippen MR) is 110 cm³/mol. The average molecular weight is 485 g/mol. The Morgan fingerprint density at radius 3 is 2.57 bits per heavy atom. The van der Waals surface area contributed by atoms with Crippen LogP contribution in [0.1, 0.15) is 21.7 Å². The van der Waals surface area contributed by atoms with Crippen LogP contribution in [0.4, 0.5) is 11.4 Å². The Balaban J connectivity index is 1.87. The number of nitrogens with zero attached hydrogens (tertiary/aromatic N) is 1. The molecular formula is C18H15BrClN3O4S. The van der Waals surface area contributed by atoms with E-state index in [-0.39, 0.29) is 21.2 Å². The number of carbonyl (C=O) groups excluding carboxylic acids is 1. The van der Waals surface area contributed by atoms with Crippen LogP contribution < -0.4 is 10.0 Å². The predicted octanol–water partition coefficient (Wildman–Crippen LogP) is 4.76. The van der Waals surface area contributed by atoms with Crippen molar-refractivity contribution in [2.45, 2.75) is 18.7 Å². The van der Waals surface area contributed by atoms with Crippen molar-refractivity contribution in [3.05, 3.63) is 69.0 Å². The van der Waals surface area contributed by atoms with E-state index >= 15 is 0 Å². The van der Waals surface area contributed by atoms with E-state index in [1.807, 2.05) is 6.92 Å². The van der Waals surface area contributed by atoms with Crippen LogP contribution in [0.3, 0.4) is 0 Å². The summed E-state index contributed by atoms with van der Waals surface area (Å²) in [7, 11) is -3.90. The average Bonchev–Trinajstić information content (AvgIpc) is 3.03. The zero-order valence-corrected chi connectivity index (χ0v) is 17.9. The summed E-state index contributed by atoms with van der Waals surface area (Å²) in [5, 5.41) is 6.40. The molecule has 146 valence electrons. The number of anilines is 2. The summed E-state index contributed by atoms with van der Waals surface area (Å²) < 4.78 is 33.2. The first-order valence-electron chi connectivity index (χ1n) is 7.98. The Morgan fingerprint density at radius 1 is 1.18 bits per heavy atom. The zero-order chi connectivity index (χ0) is 20.5. The van der Waals surface area contributed by atoms with Crippen LogP contribution in [-0.2, 0) is 10.0 Å². The number of hydrogen-bond donors (Lipinski definition) is 2. The molecule has 1 aromatic heterocycles. The standard InChI is InChI=1S/C18H15BrClN3O4S/c1-10-3-6-17(14(19)7-10)28(25,26)23-16-8-12(4-5-15(16)20)22-18(24)13-9-21-27-11(13)2/h3-9,23H,1-2H3,(H,22,24). The largest absolute Gasteiger partial charge is 0.361 e. The van der Waals surface area contributed by atoms with Crippen molar-refractivity contribution in [3.8, 4) is 0 Å². The molecule has 0 aliphatic rings. The van der Waals surface area contributed by atoms with Gasteiger partial charge in [-0.2, -0.15) is 0 Å². The number of sulfonamides is 1. The molecule has 0 atom stereocenters. The van der Waals surface area contributed by atoms with Crippen LogP contribution >= 0.6 is 27.5 Å². The van der Waals surface area contributed by atoms with Crippen molar-refractivity contribution in [2.24, 2.45) is 0 Å². The van der Waals surface area contributed by atoms with Gasteiger partial charge in [0.25, 0.3) is 15.9 Å². The van der Waals surface area contributed by atoms with Gasteiger partial charge in [0.15, 0.2) is 0 Å². The number of aryl methyl sites for hydroxylation is 2. The number of rotatable bonds is 5. The van der Waals surface area contributed by atoms with E-state index in [4.69, 9.17) is 16.1 Å². The van der Waals surface area contributed by atoms with E-state index in [9.17, 15) is 13.2 Å². The van der Waals surface area contributed by atoms with E-state index < -0.39 is 15.9 Å². The maximum atomic E-state index is 12.7. The summed E-state index contributed by atoms with van der Waals surface area (Å²) in [5.74, 6) is -0.0623. The molecule has 0 aliphatic heterocycles. The third kappa shape index (κ3) is 4.37. The van der Waals surface area contributed by atoms with Crippen molar-refractivity contribution in [1.29, 1.82) is 0 Å². The van der Waals surface area contributed by atoms with Gasteiger partial charge in [0.1, 0.15) is 16.2 Å². The highest BCUT2D eigenvalue weighted by Crippen LogP contribution is 2.30. The summed E-state index contributed by atoms with van der Waals surface area (Å²) in [6.45, 7) is 3.47. The molecule has 10 heteroatoms. The summed E-state index contributed by atoms with van der Waals surface area (Å²) in [4.78, 5) is 12.4. The fourth-order valence-corrected chi connectivity index (χ4v) is 4.90. The van der Waals surface area contributed by atoms with E-state index in [0.29, 0.717) is 15.9 Å². The molecule has 3 aromatic rings. The lowest BCUT2D eigenvalue weighted by atomic mass is 10.2. The molecule has 0 aliphatic carbocycles. The minimum atomic E-state index is -3.90. The maximum Gasteiger partial charge on any atom is 0.263 e. The molecule has 1 amide bonds. The number of hydrogen-bond acceptors (Lipinski definition) is 5. The van der Waals surface area contributed by atoms with Crippen LogP contribution in [0.5, 0.6) is 0 Å². The summed E-state index contributed by atoms with van der Waals surface area (Å²) in [6, 6.07) is 9.37. The van der Waals surface area contributed by atoms with Crippen LogP contribution in [0.2, 0.25) is 5.02 Å². The number of amides is 1. The molecule has 0 unspecified atom stereocenters. The van der Waals surface area contributed by atoms with Crippen LogP contribution in [0.15, 0.2) is 56.5 Å². The lowest BCUT2D eigenvalue weighted by Gasteiger charge is -2.13. The van der Waals surface area contributed by atoms with Crippen molar-refractivity contribution in [3.63, 3.8) is 0 Å². The van der Waals surface area contributed by atoms with Gasteiger partial charge in [-0.15, -0.1) is 0 Å². The Bertz CT molecular complexity index is 1160. The summed E-state index contributed by atoms with van der Waals surface area (Å²) in [5.41, 5.74) is 1.68. The molecule has 0 saturated carbocycles. The van der Waals surface area contributed by atoms with Gasteiger partial charge in [-0.25, -0.2) is 8.42 Å². The third-order valence-corrected chi connectivity index (χ3v) is 6.51. The first-order valence-corrected chi connectivity index (χ1v) is 10.6. The second-order valence-corrected chi connectivity index (χ2v) is 8.90. The van der Waals surface area contributed by atoms with Crippen LogP contribution in [0, 0.1) is 13.8 Å². The van der Waals surface area contributed by atoms with Crippen LogP contribution in [-0.4, -0.2) is 19.5 Å². The fourth-order valence-electron chi connectivity index (χ4n) is 2.42. The van der Waals surface area contributed by atoms with Gasteiger partial charge in [0.2, 0.25) is 0 Å². The van der Waals surface area contributed by atoms with Gasteiger partial charge < -0.3 is 9.84 Å². The van der Waals surface area contributed by atoms with Gasteiger partial charge in [-0.1, -0.05) is 22.8 Å². The summed E-state index contributed by atoms with van der Waals surface area (Å²) in [6.07, 6.45) is 1.30. The minimum absolute atomic E-state index is 0.0729. The molecule has 0 saturated heterocycles. The fraction of sp³-hybridized carbons (Fsp3) is 0.111. The Labute approximate surface area is 175 Å². The van der Waals surface area contributed by atoms with Crippen molar-refractivity contribution in [1.82, 2.24) is 5.16 Å². The molecule has 2 N–H and O–H groups in total. The molecular weight excluding hydrogens is 470 g/mol. The lowest BCUT2D eigenvalue weighted by molar-refractivity contribution is 0.102. The topological polar surface area (TPSA) is 101 Å². The highest BCUT2D eigenvalue weighted by atomic mass is 79.9. The van der Waals surface area contributed by atoms with Crippen molar-refractivity contribution in [2.75, 3.05) is 10.0 Å². The van der Waals surface area contributed by atoms with E-state index in [1.165, 1.54) is 24.4 Å². The minimum Gasteiger partial charge on any atom is -0.361 e. The SMILES string of the molecule is Cc1ccc(S(=O)(=O)Nc2cc(NC(=O)c3cnoc3C)ccc2Cl)c(Br)c1. The van der Waals surface area contributed by atoms with Gasteiger partial charge in [0.05, 0.1) is 16.9 Å². The monoisotopic (exact) mass is 483 g/mol. The molecule has 0 radical (unpaired) electrons. The first-order chi connectivity index (χ1) is 13.2. The second-order valence-electron chi connectivity index (χ2n) is 5.98. The smallest absolute Gasteiger partial charge is 0.263 e. The lowest BCUT2D eigenvalue weighted by Crippen LogP contribution is -2.15. The molecule has 3 rings (SSSR count). The Kier molecular flexibility index (Phi) is 5.78. The van der Waals surface area contributed by atoms with Crippen LogP contribution in [0.25, 0.3) is 0 Å². The number of halogens is 2. The summed E-state index contributed by atoms with van der Waals surface area (Å²) >= 11 is 9.41. The third-order valence-electron chi connectivity index (χ3n) is 3.84. The van der Waals surface area contributed by atoms with Gasteiger partial charge in [-0.05, 0) is 65.7 Å². The van der Waals surface area contributed by atoms with E-state index in [0.717, 1.165) is 5.56 Å². The highest BCUT2D eigenvalue weighted by Gasteiger charge is 2.20. The van der Waals surface area contributed by atoms with Crippen molar-refractivity contribution < 1.29 is 17.7 Å². The zero-order valence-electron chi connectivity index (χ0n) is 14.8. The number of benzene rings is 2. The number of nitrogens with one attached hydrogen (secondary N) is 2. The molecule has 2 aromatic carbocycles. The molecule has 1 heterocycles. The Hall–Kier alpha value is -2.36.